The molecule has 0 aromatic heterocycles. The molecule has 0 bridgehead atoms. The predicted molar refractivity (Wildman–Crippen MR) is 94.7 cm³/mol. The number of carbonyl (C=O) groups excluding carboxylic acids is 1. The van der Waals surface area contributed by atoms with E-state index in [-0.39, 0.29) is 30.0 Å². The Morgan fingerprint density at radius 3 is 2.58 bits per heavy atom. The molecule has 0 fully saturated rings. The van der Waals surface area contributed by atoms with Crippen molar-refractivity contribution in [2.24, 2.45) is 0 Å². The molecule has 2 aromatic carbocycles. The highest BCUT2D eigenvalue weighted by Gasteiger charge is 2.16. The summed E-state index contributed by atoms with van der Waals surface area (Å²) in [6, 6.07) is 10.6. The van der Waals surface area contributed by atoms with Crippen molar-refractivity contribution in [3.8, 4) is 17.2 Å². The molecule has 26 heavy (non-hydrogen) atoms. The minimum Gasteiger partial charge on any atom is -0.497 e. The number of amides is 1. The molecule has 0 spiro atoms. The fourth-order valence-electron chi connectivity index (χ4n) is 2.37. The number of nitrogens with zero attached hydrogens (tertiary/aromatic N) is 1. The Morgan fingerprint density at radius 2 is 1.92 bits per heavy atom. The third-order valence-electron chi connectivity index (χ3n) is 3.68. The van der Waals surface area contributed by atoms with Crippen molar-refractivity contribution in [2.75, 3.05) is 20.8 Å². The maximum absolute atomic E-state index is 12.1. The van der Waals surface area contributed by atoms with Crippen molar-refractivity contribution in [1.29, 1.82) is 0 Å². The fourth-order valence-corrected chi connectivity index (χ4v) is 2.37. The van der Waals surface area contributed by atoms with Crippen LogP contribution in [0.2, 0.25) is 0 Å². The zero-order chi connectivity index (χ0) is 19.1. The first kappa shape index (κ1) is 19.0. The quantitative estimate of drug-likeness (QED) is 0.574. The van der Waals surface area contributed by atoms with E-state index in [2.05, 4.69) is 5.32 Å². The number of non-ortho nitro benzene ring substituents is 1. The normalized spacial score (nSPS) is 11.3. The summed E-state index contributed by atoms with van der Waals surface area (Å²) in [6.07, 6.45) is 0. The molecule has 138 valence electrons. The van der Waals surface area contributed by atoms with Crippen molar-refractivity contribution in [1.82, 2.24) is 5.32 Å². The summed E-state index contributed by atoms with van der Waals surface area (Å²) in [4.78, 5) is 22.4. The first-order valence-electron chi connectivity index (χ1n) is 7.83. The third-order valence-corrected chi connectivity index (χ3v) is 3.68. The molecule has 0 aliphatic heterocycles. The van der Waals surface area contributed by atoms with Gasteiger partial charge in [0, 0.05) is 11.6 Å². The van der Waals surface area contributed by atoms with Crippen LogP contribution >= 0.6 is 0 Å². The minimum absolute atomic E-state index is 0.0996. The van der Waals surface area contributed by atoms with Crippen LogP contribution in [0.1, 0.15) is 18.5 Å². The molecule has 8 nitrogen and oxygen atoms in total. The van der Waals surface area contributed by atoms with E-state index in [1.165, 1.54) is 18.2 Å². The van der Waals surface area contributed by atoms with Crippen LogP contribution < -0.4 is 19.5 Å². The lowest BCUT2D eigenvalue weighted by atomic mass is 10.1. The number of carbonyl (C=O) groups is 1. The summed E-state index contributed by atoms with van der Waals surface area (Å²) in [7, 11) is 3.10. The number of hydrogen-bond acceptors (Lipinski definition) is 6. The van der Waals surface area contributed by atoms with Crippen LogP contribution in [-0.4, -0.2) is 31.7 Å². The topological polar surface area (TPSA) is 99.9 Å². The summed E-state index contributed by atoms with van der Waals surface area (Å²) in [5.74, 6) is 1.16. The molecule has 0 saturated heterocycles. The van der Waals surface area contributed by atoms with E-state index in [1.54, 1.807) is 38.5 Å². The van der Waals surface area contributed by atoms with Crippen molar-refractivity contribution in [3.05, 3.63) is 58.1 Å². The van der Waals surface area contributed by atoms with Crippen molar-refractivity contribution in [2.45, 2.75) is 13.0 Å². The molecule has 0 radical (unpaired) electrons. The Balaban J connectivity index is 1.99. The Bertz CT molecular complexity index is 793. The van der Waals surface area contributed by atoms with Gasteiger partial charge in [-0.15, -0.1) is 0 Å². The van der Waals surface area contributed by atoms with Gasteiger partial charge in [-0.25, -0.2) is 0 Å². The van der Waals surface area contributed by atoms with Gasteiger partial charge < -0.3 is 19.5 Å². The minimum atomic E-state index is -0.524. The van der Waals surface area contributed by atoms with E-state index in [0.29, 0.717) is 11.5 Å². The molecule has 0 unspecified atom stereocenters. The molecule has 2 aromatic rings. The van der Waals surface area contributed by atoms with Crippen LogP contribution in [0, 0.1) is 10.1 Å². The second kappa shape index (κ2) is 8.70. The van der Waals surface area contributed by atoms with Crippen LogP contribution in [0.4, 0.5) is 5.69 Å². The number of ether oxygens (including phenoxy) is 3. The predicted octanol–water partition coefficient (Wildman–Crippen LogP) is 2.87. The molecule has 0 saturated carbocycles. The fraction of sp³-hybridized carbons (Fsp3) is 0.278. The average Bonchev–Trinajstić information content (AvgIpc) is 2.65. The van der Waals surface area contributed by atoms with Gasteiger partial charge in [0.2, 0.25) is 0 Å². The third kappa shape index (κ3) is 4.85. The van der Waals surface area contributed by atoms with Gasteiger partial charge >= 0.3 is 0 Å². The number of benzene rings is 2. The van der Waals surface area contributed by atoms with Gasteiger partial charge in [-0.3, -0.25) is 14.9 Å². The number of methoxy groups -OCH3 is 2. The maximum Gasteiger partial charge on any atom is 0.273 e. The Labute approximate surface area is 150 Å². The molecule has 1 amide bonds. The van der Waals surface area contributed by atoms with Crippen LogP contribution in [0.3, 0.4) is 0 Å². The van der Waals surface area contributed by atoms with Gasteiger partial charge in [0.15, 0.2) is 6.61 Å². The van der Waals surface area contributed by atoms with Crippen molar-refractivity contribution in [3.63, 3.8) is 0 Å². The highest BCUT2D eigenvalue weighted by molar-refractivity contribution is 5.78. The molecule has 1 atom stereocenters. The van der Waals surface area contributed by atoms with Crippen molar-refractivity contribution < 1.29 is 23.9 Å². The summed E-state index contributed by atoms with van der Waals surface area (Å²) in [6.45, 7) is 1.54. The van der Waals surface area contributed by atoms with E-state index in [1.807, 2.05) is 6.92 Å². The SMILES string of the molecule is COc1ccc(OC)c([C@H](C)NC(=O)COc2cccc([N+](=O)[O-])c2)c1. The largest absolute Gasteiger partial charge is 0.497 e. The second-order valence-corrected chi connectivity index (χ2v) is 5.44. The van der Waals surface area contributed by atoms with Gasteiger partial charge in [-0.1, -0.05) is 6.07 Å². The smallest absolute Gasteiger partial charge is 0.273 e. The molecule has 2 rings (SSSR count). The Kier molecular flexibility index (Phi) is 6.37. The molecule has 0 heterocycles. The Morgan fingerprint density at radius 1 is 1.15 bits per heavy atom. The molecule has 8 heteroatoms. The number of nitro benzene ring substituents is 1. The first-order valence-corrected chi connectivity index (χ1v) is 7.83. The summed E-state index contributed by atoms with van der Waals surface area (Å²) in [5.41, 5.74) is 0.660. The van der Waals surface area contributed by atoms with E-state index < -0.39 is 4.92 Å². The average molecular weight is 360 g/mol. The van der Waals surface area contributed by atoms with Crippen LogP contribution in [0.5, 0.6) is 17.2 Å². The van der Waals surface area contributed by atoms with Crippen LogP contribution in [-0.2, 0) is 4.79 Å². The molecule has 0 aliphatic rings. The summed E-state index contributed by atoms with van der Waals surface area (Å²) in [5, 5.41) is 13.6. The maximum atomic E-state index is 12.1. The molecule has 1 N–H and O–H groups in total. The van der Waals surface area contributed by atoms with Crippen molar-refractivity contribution >= 4 is 11.6 Å². The van der Waals surface area contributed by atoms with Gasteiger partial charge in [0.1, 0.15) is 17.2 Å². The zero-order valence-electron chi connectivity index (χ0n) is 14.7. The van der Waals surface area contributed by atoms with Gasteiger partial charge in [-0.05, 0) is 31.2 Å². The van der Waals surface area contributed by atoms with Gasteiger partial charge in [0.05, 0.1) is 31.3 Å². The van der Waals surface area contributed by atoms with Gasteiger partial charge in [-0.2, -0.15) is 0 Å². The van der Waals surface area contributed by atoms with E-state index in [0.717, 1.165) is 5.56 Å². The summed E-state index contributed by atoms with van der Waals surface area (Å²) < 4.78 is 15.8. The van der Waals surface area contributed by atoms with Gasteiger partial charge in [0.25, 0.3) is 11.6 Å². The number of nitro groups is 1. The number of rotatable bonds is 8. The van der Waals surface area contributed by atoms with E-state index in [9.17, 15) is 14.9 Å². The highest BCUT2D eigenvalue weighted by atomic mass is 16.6. The molecule has 0 aliphatic carbocycles. The first-order chi connectivity index (χ1) is 12.4. The standard InChI is InChI=1S/C18H20N2O6/c1-12(16-10-14(24-2)7-8-17(16)25-3)19-18(21)11-26-15-6-4-5-13(9-15)20(22)23/h4-10,12H,11H2,1-3H3,(H,19,21)/t12-/m0/s1. The molecular formula is C18H20N2O6. The lowest BCUT2D eigenvalue weighted by Crippen LogP contribution is -2.31. The lowest BCUT2D eigenvalue weighted by molar-refractivity contribution is -0.384. The summed E-state index contributed by atoms with van der Waals surface area (Å²) >= 11 is 0. The number of nitrogens with one attached hydrogen (secondary N) is 1. The van der Waals surface area contributed by atoms with Crippen LogP contribution in [0.25, 0.3) is 0 Å². The van der Waals surface area contributed by atoms with E-state index >= 15 is 0 Å². The lowest BCUT2D eigenvalue weighted by Gasteiger charge is -2.18. The zero-order valence-corrected chi connectivity index (χ0v) is 14.7. The van der Waals surface area contributed by atoms with E-state index in [4.69, 9.17) is 14.2 Å². The molecular weight excluding hydrogens is 340 g/mol. The monoisotopic (exact) mass is 360 g/mol. The van der Waals surface area contributed by atoms with Crippen LogP contribution in [0.15, 0.2) is 42.5 Å². The second-order valence-electron chi connectivity index (χ2n) is 5.44. The highest BCUT2D eigenvalue weighted by Crippen LogP contribution is 2.29. The Hall–Kier alpha value is -3.29. The number of hydrogen-bond donors (Lipinski definition) is 1.